The molecule has 0 saturated carbocycles. The predicted octanol–water partition coefficient (Wildman–Crippen LogP) is 6.15. The Labute approximate surface area is 131 Å². The summed E-state index contributed by atoms with van der Waals surface area (Å²) in [6.07, 6.45) is 0. The zero-order valence-corrected chi connectivity index (χ0v) is 13.9. The summed E-state index contributed by atoms with van der Waals surface area (Å²) in [7, 11) is 0. The molecule has 1 nitrogen and oxygen atoms in total. The Kier molecular flexibility index (Phi) is 3.81. The number of anilines is 1. The van der Waals surface area contributed by atoms with E-state index in [1.54, 1.807) is 0 Å². The van der Waals surface area contributed by atoms with Gasteiger partial charge in [-0.25, -0.2) is 0 Å². The molecule has 0 aliphatic heterocycles. The van der Waals surface area contributed by atoms with Crippen LogP contribution in [0.25, 0.3) is 10.8 Å². The van der Waals surface area contributed by atoms with Crippen molar-refractivity contribution in [2.24, 2.45) is 0 Å². The normalized spacial score (nSPS) is 12.6. The van der Waals surface area contributed by atoms with Crippen molar-refractivity contribution in [1.29, 1.82) is 0 Å². The van der Waals surface area contributed by atoms with Gasteiger partial charge in [-0.3, -0.25) is 0 Å². The first-order valence-corrected chi connectivity index (χ1v) is 8.26. The summed E-state index contributed by atoms with van der Waals surface area (Å²) in [6.45, 7) is 4.36. The second kappa shape index (κ2) is 5.58. The molecule has 1 heterocycles. The van der Waals surface area contributed by atoms with Gasteiger partial charge in [-0.2, -0.15) is 0 Å². The van der Waals surface area contributed by atoms with Crippen molar-refractivity contribution in [3.05, 3.63) is 62.8 Å². The predicted molar refractivity (Wildman–Crippen MR) is 92.7 cm³/mol. The van der Waals surface area contributed by atoms with Gasteiger partial charge in [-0.1, -0.05) is 40.2 Å². The molecule has 3 aromatic rings. The Balaban J connectivity index is 1.97. The number of fused-ring (bicyclic) bond motifs is 1. The zero-order chi connectivity index (χ0) is 14.1. The molecule has 0 radical (unpaired) electrons. The molecule has 1 aromatic heterocycles. The van der Waals surface area contributed by atoms with Gasteiger partial charge < -0.3 is 5.32 Å². The van der Waals surface area contributed by atoms with E-state index < -0.39 is 0 Å². The molecule has 0 aliphatic carbocycles. The third-order valence-electron chi connectivity index (χ3n) is 3.43. The molecule has 102 valence electrons. The number of hydrogen-bond acceptors (Lipinski definition) is 2. The highest BCUT2D eigenvalue weighted by Crippen LogP contribution is 2.33. The Morgan fingerprint density at radius 1 is 1.00 bits per heavy atom. The van der Waals surface area contributed by atoms with Gasteiger partial charge >= 0.3 is 0 Å². The second-order valence-corrected chi connectivity index (χ2v) is 7.13. The molecule has 1 N–H and O–H groups in total. The molecular formula is C17H16BrNS. The number of aryl methyl sites for hydroxylation is 1. The molecule has 0 fully saturated rings. The number of rotatable bonds is 3. The van der Waals surface area contributed by atoms with E-state index >= 15 is 0 Å². The molecule has 1 unspecified atom stereocenters. The standard InChI is InChI=1S/C17H16BrNS/c1-11-7-10-17(20-11)12(2)19-16-9-8-15(18)13-5-3-4-6-14(13)16/h3-10,12,19H,1-2H3. The first-order chi connectivity index (χ1) is 9.65. The minimum atomic E-state index is 0.318. The molecule has 0 saturated heterocycles. The molecule has 1 atom stereocenters. The van der Waals surface area contributed by atoms with Gasteiger partial charge in [0.25, 0.3) is 0 Å². The Bertz CT molecular complexity index is 748. The number of hydrogen-bond donors (Lipinski definition) is 1. The Morgan fingerprint density at radius 2 is 1.75 bits per heavy atom. The van der Waals surface area contributed by atoms with Crippen LogP contribution in [0, 0.1) is 6.92 Å². The van der Waals surface area contributed by atoms with Crippen LogP contribution in [0.15, 0.2) is 53.0 Å². The fraction of sp³-hybridized carbons (Fsp3) is 0.176. The third kappa shape index (κ3) is 2.60. The SMILES string of the molecule is Cc1ccc(C(C)Nc2ccc(Br)c3ccccc23)s1. The Morgan fingerprint density at radius 3 is 2.45 bits per heavy atom. The molecule has 0 spiro atoms. The molecule has 0 amide bonds. The molecule has 0 aliphatic rings. The van der Waals surface area contributed by atoms with E-state index in [4.69, 9.17) is 0 Å². The monoisotopic (exact) mass is 345 g/mol. The van der Waals surface area contributed by atoms with Crippen molar-refractivity contribution in [1.82, 2.24) is 0 Å². The van der Waals surface area contributed by atoms with Crippen molar-refractivity contribution in [2.45, 2.75) is 19.9 Å². The van der Waals surface area contributed by atoms with Gasteiger partial charge in [0.1, 0.15) is 0 Å². The van der Waals surface area contributed by atoms with Gasteiger partial charge in [0.15, 0.2) is 0 Å². The summed E-state index contributed by atoms with van der Waals surface area (Å²) in [6, 6.07) is 17.4. The van der Waals surface area contributed by atoms with E-state index in [1.165, 1.54) is 26.2 Å². The van der Waals surface area contributed by atoms with Gasteiger partial charge in [0, 0.05) is 25.3 Å². The van der Waals surface area contributed by atoms with Crippen molar-refractivity contribution in [3.63, 3.8) is 0 Å². The lowest BCUT2D eigenvalue weighted by Crippen LogP contribution is -2.05. The average Bonchev–Trinajstić information content (AvgIpc) is 2.89. The summed E-state index contributed by atoms with van der Waals surface area (Å²) < 4.78 is 1.14. The van der Waals surface area contributed by atoms with Crippen LogP contribution in [0.1, 0.15) is 22.7 Å². The highest BCUT2D eigenvalue weighted by atomic mass is 79.9. The smallest absolute Gasteiger partial charge is 0.0578 e. The first kappa shape index (κ1) is 13.7. The van der Waals surface area contributed by atoms with Gasteiger partial charge in [0.2, 0.25) is 0 Å². The fourth-order valence-corrected chi connectivity index (χ4v) is 3.74. The van der Waals surface area contributed by atoms with Crippen LogP contribution in [0.4, 0.5) is 5.69 Å². The van der Waals surface area contributed by atoms with E-state index in [1.807, 2.05) is 11.3 Å². The molecule has 20 heavy (non-hydrogen) atoms. The van der Waals surface area contributed by atoms with Crippen molar-refractivity contribution in [3.8, 4) is 0 Å². The van der Waals surface area contributed by atoms with Crippen LogP contribution in [0.2, 0.25) is 0 Å². The lowest BCUT2D eigenvalue weighted by Gasteiger charge is -2.16. The number of thiophene rings is 1. The van der Waals surface area contributed by atoms with E-state index in [0.717, 1.165) is 4.47 Å². The van der Waals surface area contributed by atoms with Gasteiger partial charge in [-0.15, -0.1) is 11.3 Å². The van der Waals surface area contributed by atoms with Crippen LogP contribution in [-0.4, -0.2) is 0 Å². The number of nitrogens with one attached hydrogen (secondary N) is 1. The lowest BCUT2D eigenvalue weighted by molar-refractivity contribution is 0.910. The highest BCUT2D eigenvalue weighted by Gasteiger charge is 2.10. The molecule has 0 bridgehead atoms. The molecule has 3 heteroatoms. The van der Waals surface area contributed by atoms with Crippen LogP contribution in [0.5, 0.6) is 0 Å². The Hall–Kier alpha value is -1.32. The summed E-state index contributed by atoms with van der Waals surface area (Å²) in [5.74, 6) is 0. The van der Waals surface area contributed by atoms with Crippen molar-refractivity contribution >= 4 is 43.7 Å². The number of halogens is 1. The van der Waals surface area contributed by atoms with E-state index in [-0.39, 0.29) is 0 Å². The second-order valence-electron chi connectivity index (χ2n) is 4.95. The first-order valence-electron chi connectivity index (χ1n) is 6.65. The van der Waals surface area contributed by atoms with Crippen molar-refractivity contribution < 1.29 is 0 Å². The summed E-state index contributed by atoms with van der Waals surface area (Å²) in [5.41, 5.74) is 1.18. The van der Waals surface area contributed by atoms with Gasteiger partial charge in [-0.05, 0) is 43.5 Å². The van der Waals surface area contributed by atoms with E-state index in [9.17, 15) is 0 Å². The maximum Gasteiger partial charge on any atom is 0.0578 e. The van der Waals surface area contributed by atoms with Gasteiger partial charge in [0.05, 0.1) is 6.04 Å². The molecule has 3 rings (SSSR count). The largest absolute Gasteiger partial charge is 0.377 e. The average molecular weight is 346 g/mol. The van der Waals surface area contributed by atoms with Crippen LogP contribution >= 0.6 is 27.3 Å². The third-order valence-corrected chi connectivity index (χ3v) is 5.31. The summed E-state index contributed by atoms with van der Waals surface area (Å²) >= 11 is 5.47. The molecular weight excluding hydrogens is 330 g/mol. The van der Waals surface area contributed by atoms with E-state index in [0.29, 0.717) is 6.04 Å². The maximum atomic E-state index is 3.63. The van der Waals surface area contributed by atoms with Crippen LogP contribution in [-0.2, 0) is 0 Å². The summed E-state index contributed by atoms with van der Waals surface area (Å²) in [4.78, 5) is 2.73. The fourth-order valence-electron chi connectivity index (χ4n) is 2.38. The lowest BCUT2D eigenvalue weighted by atomic mass is 10.1. The maximum absolute atomic E-state index is 3.63. The van der Waals surface area contributed by atoms with E-state index in [2.05, 4.69) is 83.6 Å². The van der Waals surface area contributed by atoms with Crippen LogP contribution in [0.3, 0.4) is 0 Å². The summed E-state index contributed by atoms with van der Waals surface area (Å²) in [5, 5.41) is 6.13. The zero-order valence-electron chi connectivity index (χ0n) is 11.5. The van der Waals surface area contributed by atoms with Crippen molar-refractivity contribution in [2.75, 3.05) is 5.32 Å². The topological polar surface area (TPSA) is 12.0 Å². The number of benzene rings is 2. The minimum Gasteiger partial charge on any atom is -0.377 e. The highest BCUT2D eigenvalue weighted by molar-refractivity contribution is 9.10. The van der Waals surface area contributed by atoms with Crippen LogP contribution < -0.4 is 5.32 Å². The minimum absolute atomic E-state index is 0.318. The molecule has 2 aromatic carbocycles. The quantitative estimate of drug-likeness (QED) is 0.600.